The maximum atomic E-state index is 13.6. The van der Waals surface area contributed by atoms with Crippen molar-refractivity contribution in [2.75, 3.05) is 18.4 Å². The van der Waals surface area contributed by atoms with Gasteiger partial charge in [-0.2, -0.15) is 0 Å². The second-order valence-corrected chi connectivity index (χ2v) is 9.24. The lowest BCUT2D eigenvalue weighted by molar-refractivity contribution is 0.0535. The van der Waals surface area contributed by atoms with Gasteiger partial charge in [0.05, 0.1) is 15.9 Å². The van der Waals surface area contributed by atoms with Crippen molar-refractivity contribution >= 4 is 34.7 Å². The average molecular weight is 460 g/mol. The molecule has 0 saturated carbocycles. The zero-order valence-corrected chi connectivity index (χ0v) is 18.9. The summed E-state index contributed by atoms with van der Waals surface area (Å²) < 4.78 is 13.4. The van der Waals surface area contributed by atoms with E-state index < -0.39 is 0 Å². The van der Waals surface area contributed by atoms with Gasteiger partial charge in [0.15, 0.2) is 0 Å². The van der Waals surface area contributed by atoms with Crippen LogP contribution in [0.2, 0.25) is 5.28 Å². The Balaban J connectivity index is 1.59. The normalized spacial score (nSPS) is 18.8. The first-order chi connectivity index (χ1) is 14.9. The summed E-state index contributed by atoms with van der Waals surface area (Å²) in [5, 5.41) is 4.27. The standard InChI is InChI=1S/C22H23ClFN5OS/c1-13-4-3-11-29(17(13)12-26-18-9-10-25-22(23)28-18)21(30)19-20(31-14(2)27-19)15-5-7-16(24)8-6-15/h5-10,13,17H,3-4,11-12H2,1-2H3,(H,25,26,28)/t13-,17-/m1/s1. The van der Waals surface area contributed by atoms with Crippen LogP contribution in [-0.4, -0.2) is 44.9 Å². The molecule has 1 aliphatic heterocycles. The fourth-order valence-electron chi connectivity index (χ4n) is 3.96. The molecule has 3 aromatic rings. The number of benzene rings is 1. The summed E-state index contributed by atoms with van der Waals surface area (Å²) in [6.07, 6.45) is 3.58. The summed E-state index contributed by atoms with van der Waals surface area (Å²) in [7, 11) is 0. The monoisotopic (exact) mass is 459 g/mol. The Hall–Kier alpha value is -2.58. The number of rotatable bonds is 5. The third-order valence-corrected chi connectivity index (χ3v) is 6.74. The van der Waals surface area contributed by atoms with Crippen molar-refractivity contribution in [3.05, 3.63) is 58.3 Å². The average Bonchev–Trinajstić information content (AvgIpc) is 3.14. The summed E-state index contributed by atoms with van der Waals surface area (Å²) in [5.41, 5.74) is 1.23. The number of likely N-dealkylation sites (tertiary alicyclic amines) is 1. The molecule has 0 bridgehead atoms. The maximum absolute atomic E-state index is 13.6. The van der Waals surface area contributed by atoms with Crippen LogP contribution in [-0.2, 0) is 0 Å². The van der Waals surface area contributed by atoms with Gasteiger partial charge in [0.1, 0.15) is 17.3 Å². The Labute approximate surface area is 189 Å². The molecule has 6 nitrogen and oxygen atoms in total. The highest BCUT2D eigenvalue weighted by molar-refractivity contribution is 7.15. The first-order valence-electron chi connectivity index (χ1n) is 10.2. The smallest absolute Gasteiger partial charge is 0.274 e. The van der Waals surface area contributed by atoms with Crippen LogP contribution >= 0.6 is 22.9 Å². The lowest BCUT2D eigenvalue weighted by Gasteiger charge is -2.40. The lowest BCUT2D eigenvalue weighted by Crippen LogP contribution is -2.51. The predicted molar refractivity (Wildman–Crippen MR) is 121 cm³/mol. The van der Waals surface area contributed by atoms with Crippen LogP contribution in [0.1, 0.15) is 35.3 Å². The molecule has 2 aromatic heterocycles. The summed E-state index contributed by atoms with van der Waals surface area (Å²) >= 11 is 7.34. The fraction of sp³-hybridized carbons (Fsp3) is 0.364. The molecule has 0 spiro atoms. The van der Waals surface area contributed by atoms with E-state index in [4.69, 9.17) is 11.6 Å². The van der Waals surface area contributed by atoms with Gasteiger partial charge in [-0.05, 0) is 61.0 Å². The van der Waals surface area contributed by atoms with E-state index in [1.807, 2.05) is 11.8 Å². The number of thiazole rings is 1. The van der Waals surface area contributed by atoms with Crippen LogP contribution in [0.4, 0.5) is 10.2 Å². The van der Waals surface area contributed by atoms with Gasteiger partial charge in [-0.3, -0.25) is 4.79 Å². The number of amides is 1. The van der Waals surface area contributed by atoms with E-state index in [1.165, 1.54) is 23.5 Å². The first-order valence-corrected chi connectivity index (χ1v) is 11.4. The molecular formula is C22H23ClFN5OS. The number of halogens is 2. The van der Waals surface area contributed by atoms with E-state index in [0.717, 1.165) is 28.3 Å². The van der Waals surface area contributed by atoms with E-state index in [9.17, 15) is 9.18 Å². The quantitative estimate of drug-likeness (QED) is 0.540. The molecule has 1 fully saturated rings. The highest BCUT2D eigenvalue weighted by atomic mass is 35.5. The van der Waals surface area contributed by atoms with Gasteiger partial charge >= 0.3 is 0 Å². The molecular weight excluding hydrogens is 437 g/mol. The third kappa shape index (κ3) is 4.85. The first kappa shape index (κ1) is 21.6. The lowest BCUT2D eigenvalue weighted by atomic mass is 9.90. The van der Waals surface area contributed by atoms with Gasteiger partial charge in [0.25, 0.3) is 5.91 Å². The number of hydrogen-bond acceptors (Lipinski definition) is 6. The molecule has 31 heavy (non-hydrogen) atoms. The highest BCUT2D eigenvalue weighted by Gasteiger charge is 2.34. The van der Waals surface area contributed by atoms with Crippen molar-refractivity contribution in [3.8, 4) is 10.4 Å². The van der Waals surface area contributed by atoms with E-state index in [-0.39, 0.29) is 23.0 Å². The summed E-state index contributed by atoms with van der Waals surface area (Å²) in [4.78, 5) is 28.9. The minimum Gasteiger partial charge on any atom is -0.368 e. The minimum absolute atomic E-state index is 0.0157. The Bertz CT molecular complexity index is 1070. The fourth-order valence-corrected chi connectivity index (χ4v) is 5.02. The second kappa shape index (κ2) is 9.28. The molecule has 1 saturated heterocycles. The molecule has 3 heterocycles. The van der Waals surface area contributed by atoms with Crippen molar-refractivity contribution in [1.29, 1.82) is 0 Å². The topological polar surface area (TPSA) is 71.0 Å². The van der Waals surface area contributed by atoms with Crippen LogP contribution in [0.15, 0.2) is 36.5 Å². The van der Waals surface area contributed by atoms with Gasteiger partial charge in [0.2, 0.25) is 5.28 Å². The maximum Gasteiger partial charge on any atom is 0.274 e. The Kier molecular flexibility index (Phi) is 6.48. The largest absolute Gasteiger partial charge is 0.368 e. The number of aromatic nitrogens is 3. The molecule has 162 valence electrons. The second-order valence-electron chi connectivity index (χ2n) is 7.69. The summed E-state index contributed by atoms with van der Waals surface area (Å²) in [6, 6.07) is 7.92. The van der Waals surface area contributed by atoms with Crippen molar-refractivity contribution in [1.82, 2.24) is 19.9 Å². The molecule has 4 rings (SSSR count). The van der Waals surface area contributed by atoms with Crippen LogP contribution in [0.3, 0.4) is 0 Å². The summed E-state index contributed by atoms with van der Waals surface area (Å²) in [5.74, 6) is 0.541. The van der Waals surface area contributed by atoms with Gasteiger partial charge in [0, 0.05) is 19.3 Å². The zero-order valence-electron chi connectivity index (χ0n) is 17.3. The number of piperidine rings is 1. The molecule has 2 atom stereocenters. The van der Waals surface area contributed by atoms with E-state index in [0.29, 0.717) is 30.5 Å². The molecule has 9 heteroatoms. The number of hydrogen-bond donors (Lipinski definition) is 1. The number of nitrogens with one attached hydrogen (secondary N) is 1. The minimum atomic E-state index is -0.307. The third-order valence-electron chi connectivity index (χ3n) is 5.54. The van der Waals surface area contributed by atoms with E-state index in [1.54, 1.807) is 24.4 Å². The molecule has 1 amide bonds. The highest BCUT2D eigenvalue weighted by Crippen LogP contribution is 2.33. The van der Waals surface area contributed by atoms with E-state index >= 15 is 0 Å². The van der Waals surface area contributed by atoms with Gasteiger partial charge in [-0.25, -0.2) is 19.3 Å². The number of carbonyl (C=O) groups is 1. The molecule has 0 unspecified atom stereocenters. The van der Waals surface area contributed by atoms with Crippen molar-refractivity contribution < 1.29 is 9.18 Å². The number of carbonyl (C=O) groups excluding carboxylic acids is 1. The van der Waals surface area contributed by atoms with Crippen molar-refractivity contribution in [2.24, 2.45) is 5.92 Å². The van der Waals surface area contributed by atoms with Gasteiger partial charge in [-0.1, -0.05) is 19.1 Å². The Morgan fingerprint density at radius 2 is 2.06 bits per heavy atom. The van der Waals surface area contributed by atoms with Crippen LogP contribution < -0.4 is 5.32 Å². The summed E-state index contributed by atoms with van der Waals surface area (Å²) in [6.45, 7) is 5.26. The SMILES string of the molecule is Cc1nc(C(=O)N2CCC[C@@H](C)[C@H]2CNc2ccnc(Cl)n2)c(-c2ccc(F)cc2)s1. The predicted octanol–water partition coefficient (Wildman–Crippen LogP) is 5.05. The molecule has 1 aliphatic rings. The Morgan fingerprint density at radius 3 is 2.81 bits per heavy atom. The molecule has 1 aromatic carbocycles. The number of aryl methyl sites for hydroxylation is 1. The molecule has 0 radical (unpaired) electrons. The van der Waals surface area contributed by atoms with Crippen molar-refractivity contribution in [2.45, 2.75) is 32.7 Å². The van der Waals surface area contributed by atoms with Crippen molar-refractivity contribution in [3.63, 3.8) is 0 Å². The molecule has 1 N–H and O–H groups in total. The Morgan fingerprint density at radius 1 is 1.29 bits per heavy atom. The van der Waals surface area contributed by atoms with Crippen LogP contribution in [0, 0.1) is 18.7 Å². The van der Waals surface area contributed by atoms with Crippen LogP contribution in [0.25, 0.3) is 10.4 Å². The number of anilines is 1. The van der Waals surface area contributed by atoms with Crippen LogP contribution in [0.5, 0.6) is 0 Å². The van der Waals surface area contributed by atoms with Gasteiger partial charge in [-0.15, -0.1) is 11.3 Å². The molecule has 0 aliphatic carbocycles. The van der Waals surface area contributed by atoms with Gasteiger partial charge < -0.3 is 10.2 Å². The zero-order chi connectivity index (χ0) is 22.0. The van der Waals surface area contributed by atoms with E-state index in [2.05, 4.69) is 27.2 Å². The number of nitrogens with zero attached hydrogens (tertiary/aromatic N) is 4.